The first-order chi connectivity index (χ1) is 9.42. The lowest BCUT2D eigenvalue weighted by molar-refractivity contribution is -0.142. The molecule has 20 heavy (non-hydrogen) atoms. The third kappa shape index (κ3) is 3.51. The summed E-state index contributed by atoms with van der Waals surface area (Å²) in [6.45, 7) is 0.251. The van der Waals surface area contributed by atoms with Crippen molar-refractivity contribution in [1.29, 1.82) is 0 Å². The average Bonchev–Trinajstić information content (AvgIpc) is 2.87. The normalized spacial score (nSPS) is 28.9. The van der Waals surface area contributed by atoms with Crippen LogP contribution in [0.1, 0.15) is 32.1 Å². The summed E-state index contributed by atoms with van der Waals surface area (Å²) in [6.07, 6.45) is 5.28. The van der Waals surface area contributed by atoms with Gasteiger partial charge in [-0.1, -0.05) is 19.3 Å². The molecule has 1 heterocycles. The average molecular weight is 305 g/mol. The number of hydrogen-bond donors (Lipinski definition) is 1. The number of carboxylic acid groups (broad SMARTS) is 1. The van der Waals surface area contributed by atoms with Crippen LogP contribution in [-0.2, 0) is 19.6 Å². The minimum absolute atomic E-state index is 0.0866. The minimum Gasteiger partial charge on any atom is -0.481 e. The number of rotatable bonds is 5. The van der Waals surface area contributed by atoms with Gasteiger partial charge in [0.2, 0.25) is 10.0 Å². The number of carboxylic acids is 1. The van der Waals surface area contributed by atoms with Crippen LogP contribution in [0.15, 0.2) is 0 Å². The molecule has 2 unspecified atom stereocenters. The quantitative estimate of drug-likeness (QED) is 0.817. The molecule has 2 atom stereocenters. The summed E-state index contributed by atoms with van der Waals surface area (Å²) < 4.78 is 31.2. The maximum Gasteiger partial charge on any atom is 0.310 e. The van der Waals surface area contributed by atoms with E-state index in [1.54, 1.807) is 0 Å². The van der Waals surface area contributed by atoms with Gasteiger partial charge in [0.25, 0.3) is 0 Å². The van der Waals surface area contributed by atoms with Gasteiger partial charge in [0.05, 0.1) is 30.9 Å². The SMILES string of the molecule is CN(C1COCC1C(=O)O)S(=O)(=O)CC1CCCCC1. The molecular formula is C13H23NO5S. The second-order valence-electron chi connectivity index (χ2n) is 5.85. The highest BCUT2D eigenvalue weighted by molar-refractivity contribution is 7.89. The fourth-order valence-electron chi connectivity index (χ4n) is 3.11. The van der Waals surface area contributed by atoms with Gasteiger partial charge in [-0.2, -0.15) is 4.31 Å². The van der Waals surface area contributed by atoms with Gasteiger partial charge >= 0.3 is 5.97 Å². The lowest BCUT2D eigenvalue weighted by atomic mass is 9.91. The first-order valence-corrected chi connectivity index (χ1v) is 8.79. The Balaban J connectivity index is 2.02. The molecule has 1 aliphatic carbocycles. The molecular weight excluding hydrogens is 282 g/mol. The van der Waals surface area contributed by atoms with E-state index in [-0.39, 0.29) is 24.9 Å². The van der Waals surface area contributed by atoms with E-state index in [2.05, 4.69) is 0 Å². The van der Waals surface area contributed by atoms with Crippen LogP contribution in [0.2, 0.25) is 0 Å². The number of sulfonamides is 1. The molecule has 1 aliphatic heterocycles. The highest BCUT2D eigenvalue weighted by atomic mass is 32.2. The molecule has 1 saturated carbocycles. The molecule has 1 N–H and O–H groups in total. The van der Waals surface area contributed by atoms with E-state index in [9.17, 15) is 13.2 Å². The van der Waals surface area contributed by atoms with Crippen LogP contribution in [0, 0.1) is 11.8 Å². The zero-order valence-electron chi connectivity index (χ0n) is 11.8. The summed E-state index contributed by atoms with van der Waals surface area (Å²) in [5, 5.41) is 9.12. The van der Waals surface area contributed by atoms with Crippen molar-refractivity contribution in [2.24, 2.45) is 11.8 Å². The predicted octanol–water partition coefficient (Wildman–Crippen LogP) is 0.928. The molecule has 0 aromatic rings. The van der Waals surface area contributed by atoms with Crippen LogP contribution in [-0.4, -0.2) is 55.9 Å². The molecule has 0 amide bonds. The van der Waals surface area contributed by atoms with Gasteiger partial charge in [0.15, 0.2) is 0 Å². The zero-order chi connectivity index (χ0) is 14.8. The van der Waals surface area contributed by atoms with Gasteiger partial charge in [0, 0.05) is 7.05 Å². The van der Waals surface area contributed by atoms with Gasteiger partial charge in [-0.25, -0.2) is 8.42 Å². The Morgan fingerprint density at radius 1 is 1.25 bits per heavy atom. The van der Waals surface area contributed by atoms with Gasteiger partial charge in [-0.05, 0) is 18.8 Å². The Morgan fingerprint density at radius 3 is 2.50 bits per heavy atom. The van der Waals surface area contributed by atoms with Gasteiger partial charge in [-0.15, -0.1) is 0 Å². The van der Waals surface area contributed by atoms with E-state index in [0.29, 0.717) is 0 Å². The number of aliphatic carboxylic acids is 1. The largest absolute Gasteiger partial charge is 0.481 e. The predicted molar refractivity (Wildman–Crippen MR) is 73.9 cm³/mol. The highest BCUT2D eigenvalue weighted by Crippen LogP contribution is 2.28. The Kier molecular flexibility index (Phi) is 5.04. The minimum atomic E-state index is -3.42. The number of likely N-dealkylation sites (N-methyl/N-ethyl adjacent to an activating group) is 1. The highest BCUT2D eigenvalue weighted by Gasteiger charge is 2.41. The van der Waals surface area contributed by atoms with Crippen molar-refractivity contribution in [3.05, 3.63) is 0 Å². The van der Waals surface area contributed by atoms with Crippen LogP contribution in [0.25, 0.3) is 0 Å². The summed E-state index contributed by atoms with van der Waals surface area (Å²) in [4.78, 5) is 11.1. The standard InChI is InChI=1S/C13H23NO5S/c1-14(12-8-19-7-11(12)13(15)16)20(17,18)9-10-5-3-2-4-6-10/h10-12H,2-9H2,1H3,(H,15,16). The summed E-state index contributed by atoms with van der Waals surface area (Å²) in [5.41, 5.74) is 0. The summed E-state index contributed by atoms with van der Waals surface area (Å²) in [5.74, 6) is -1.41. The summed E-state index contributed by atoms with van der Waals surface area (Å²) in [6, 6.07) is -0.582. The Morgan fingerprint density at radius 2 is 1.90 bits per heavy atom. The maximum atomic E-state index is 12.4. The van der Waals surface area contributed by atoms with E-state index in [0.717, 1.165) is 25.7 Å². The second kappa shape index (κ2) is 6.41. The smallest absolute Gasteiger partial charge is 0.310 e. The maximum absolute atomic E-state index is 12.4. The molecule has 1 saturated heterocycles. The molecule has 0 spiro atoms. The van der Waals surface area contributed by atoms with Gasteiger partial charge in [0.1, 0.15) is 0 Å². The second-order valence-corrected chi connectivity index (χ2v) is 7.92. The van der Waals surface area contributed by atoms with Gasteiger partial charge < -0.3 is 9.84 Å². The molecule has 2 fully saturated rings. The first kappa shape index (κ1) is 15.7. The first-order valence-electron chi connectivity index (χ1n) is 7.18. The van der Waals surface area contributed by atoms with Crippen molar-refractivity contribution in [2.75, 3.05) is 26.0 Å². The molecule has 2 aliphatic rings. The number of carbonyl (C=O) groups is 1. The third-order valence-corrected chi connectivity index (χ3v) is 6.49. The zero-order valence-corrected chi connectivity index (χ0v) is 12.6. The van der Waals surface area contributed by atoms with E-state index < -0.39 is 28.0 Å². The third-order valence-electron chi connectivity index (χ3n) is 4.44. The Hall–Kier alpha value is -0.660. The van der Waals surface area contributed by atoms with E-state index in [1.807, 2.05) is 0 Å². The van der Waals surface area contributed by atoms with Crippen molar-refractivity contribution in [2.45, 2.75) is 38.1 Å². The Labute approximate surface area is 120 Å². The fraction of sp³-hybridized carbons (Fsp3) is 0.923. The van der Waals surface area contributed by atoms with E-state index in [1.165, 1.54) is 17.8 Å². The van der Waals surface area contributed by atoms with Crippen molar-refractivity contribution in [1.82, 2.24) is 4.31 Å². The number of nitrogens with zero attached hydrogens (tertiary/aromatic N) is 1. The van der Waals surface area contributed by atoms with Crippen molar-refractivity contribution in [3.63, 3.8) is 0 Å². The summed E-state index contributed by atoms with van der Waals surface area (Å²) >= 11 is 0. The van der Waals surface area contributed by atoms with Crippen LogP contribution < -0.4 is 0 Å². The topological polar surface area (TPSA) is 83.9 Å². The monoisotopic (exact) mass is 305 g/mol. The van der Waals surface area contributed by atoms with Crippen molar-refractivity contribution < 1.29 is 23.1 Å². The molecule has 116 valence electrons. The van der Waals surface area contributed by atoms with Crippen LogP contribution >= 0.6 is 0 Å². The molecule has 0 radical (unpaired) electrons. The van der Waals surface area contributed by atoms with Crippen LogP contribution in [0.4, 0.5) is 0 Å². The molecule has 7 heteroatoms. The van der Waals surface area contributed by atoms with Crippen molar-refractivity contribution >= 4 is 16.0 Å². The van der Waals surface area contributed by atoms with Crippen LogP contribution in [0.5, 0.6) is 0 Å². The molecule has 0 aromatic heterocycles. The molecule has 2 rings (SSSR count). The molecule has 0 bridgehead atoms. The van der Waals surface area contributed by atoms with Crippen LogP contribution in [0.3, 0.4) is 0 Å². The lowest BCUT2D eigenvalue weighted by Gasteiger charge is -2.29. The van der Waals surface area contributed by atoms with Gasteiger partial charge in [-0.3, -0.25) is 4.79 Å². The molecule has 6 nitrogen and oxygen atoms in total. The van der Waals surface area contributed by atoms with E-state index >= 15 is 0 Å². The van der Waals surface area contributed by atoms with E-state index in [4.69, 9.17) is 9.84 Å². The molecule has 0 aromatic carbocycles. The number of ether oxygens (including phenoxy) is 1. The fourth-order valence-corrected chi connectivity index (χ4v) is 4.90. The number of hydrogen-bond acceptors (Lipinski definition) is 4. The Bertz CT molecular complexity index is 444. The van der Waals surface area contributed by atoms with Crippen molar-refractivity contribution in [3.8, 4) is 0 Å². The summed E-state index contributed by atoms with van der Waals surface area (Å²) in [7, 11) is -1.94. The lowest BCUT2D eigenvalue weighted by Crippen LogP contribution is -2.45.